The second-order valence-corrected chi connectivity index (χ2v) is 6.00. The number of halogens is 2. The highest BCUT2D eigenvalue weighted by Crippen LogP contribution is 2.38. The van der Waals surface area contributed by atoms with E-state index in [2.05, 4.69) is 20.9 Å². The van der Waals surface area contributed by atoms with Crippen LogP contribution >= 0.6 is 15.9 Å². The van der Waals surface area contributed by atoms with E-state index in [0.29, 0.717) is 15.9 Å². The van der Waals surface area contributed by atoms with E-state index in [4.69, 9.17) is 0 Å². The van der Waals surface area contributed by atoms with E-state index >= 15 is 0 Å². The van der Waals surface area contributed by atoms with Gasteiger partial charge in [0.1, 0.15) is 23.4 Å². The van der Waals surface area contributed by atoms with Crippen LogP contribution in [0.1, 0.15) is 5.56 Å². The summed E-state index contributed by atoms with van der Waals surface area (Å²) >= 11 is 3.25. The molecule has 1 fully saturated rings. The Bertz CT molecular complexity index is 733. The third kappa shape index (κ3) is 2.55. The summed E-state index contributed by atoms with van der Waals surface area (Å²) in [7, 11) is 0. The molecule has 114 valence electrons. The SMILES string of the molecule is O=[N+]([O-])c1cnc(N2CC(O)(c3ccc(F)cc3)C2)c(Br)c1. The lowest BCUT2D eigenvalue weighted by Gasteiger charge is -2.47. The quantitative estimate of drug-likeness (QED) is 0.666. The lowest BCUT2D eigenvalue weighted by molar-refractivity contribution is -0.385. The average Bonchev–Trinajstić information content (AvgIpc) is 2.45. The van der Waals surface area contributed by atoms with Crippen molar-refractivity contribution in [1.29, 1.82) is 0 Å². The smallest absolute Gasteiger partial charge is 0.288 e. The van der Waals surface area contributed by atoms with E-state index < -0.39 is 10.5 Å². The number of nitro groups is 1. The van der Waals surface area contributed by atoms with Crippen molar-refractivity contribution in [1.82, 2.24) is 4.98 Å². The van der Waals surface area contributed by atoms with Gasteiger partial charge in [-0.3, -0.25) is 10.1 Å². The first-order valence-electron chi connectivity index (χ1n) is 6.42. The zero-order chi connectivity index (χ0) is 15.9. The minimum atomic E-state index is -1.07. The molecule has 1 aromatic heterocycles. The topological polar surface area (TPSA) is 79.5 Å². The van der Waals surface area contributed by atoms with E-state index in [1.807, 2.05) is 0 Å². The fourth-order valence-electron chi connectivity index (χ4n) is 2.43. The molecule has 0 amide bonds. The standard InChI is InChI=1S/C14H11BrFN3O3/c15-12-5-11(19(21)22)6-17-13(12)18-7-14(20,8-18)9-1-3-10(16)4-2-9/h1-6,20H,7-8H2. The fraction of sp³-hybridized carbons (Fsp3) is 0.214. The molecule has 0 atom stereocenters. The van der Waals surface area contributed by atoms with Gasteiger partial charge < -0.3 is 10.0 Å². The first-order valence-corrected chi connectivity index (χ1v) is 7.22. The first-order chi connectivity index (χ1) is 10.4. The van der Waals surface area contributed by atoms with E-state index in [0.717, 1.165) is 0 Å². The van der Waals surface area contributed by atoms with Crippen LogP contribution in [0.5, 0.6) is 0 Å². The van der Waals surface area contributed by atoms with Crippen LogP contribution in [0, 0.1) is 15.9 Å². The molecule has 1 aliphatic heterocycles. The van der Waals surface area contributed by atoms with Crippen LogP contribution in [0.3, 0.4) is 0 Å². The Morgan fingerprint density at radius 3 is 2.55 bits per heavy atom. The zero-order valence-corrected chi connectivity index (χ0v) is 12.8. The van der Waals surface area contributed by atoms with Crippen molar-refractivity contribution in [3.8, 4) is 0 Å². The Kier molecular flexibility index (Phi) is 3.57. The number of aliphatic hydroxyl groups is 1. The number of nitrogens with zero attached hydrogens (tertiary/aromatic N) is 3. The van der Waals surface area contributed by atoms with Gasteiger partial charge in [-0.15, -0.1) is 0 Å². The predicted octanol–water partition coefficient (Wildman–Crippen LogP) is 2.60. The predicted molar refractivity (Wildman–Crippen MR) is 81.1 cm³/mol. The number of hydrogen-bond donors (Lipinski definition) is 1. The molecule has 22 heavy (non-hydrogen) atoms. The lowest BCUT2D eigenvalue weighted by Crippen LogP contribution is -2.60. The highest BCUT2D eigenvalue weighted by atomic mass is 79.9. The summed E-state index contributed by atoms with van der Waals surface area (Å²) < 4.78 is 13.4. The molecule has 8 heteroatoms. The van der Waals surface area contributed by atoms with Crippen molar-refractivity contribution in [3.63, 3.8) is 0 Å². The van der Waals surface area contributed by atoms with Crippen LogP contribution < -0.4 is 4.90 Å². The zero-order valence-electron chi connectivity index (χ0n) is 11.2. The molecule has 2 aromatic rings. The molecule has 0 spiro atoms. The van der Waals surface area contributed by atoms with Gasteiger partial charge in [0, 0.05) is 6.07 Å². The second-order valence-electron chi connectivity index (χ2n) is 5.15. The normalized spacial score (nSPS) is 16.2. The molecule has 3 rings (SSSR count). The Balaban J connectivity index is 1.78. The van der Waals surface area contributed by atoms with Crippen molar-refractivity contribution in [2.75, 3.05) is 18.0 Å². The van der Waals surface area contributed by atoms with Crippen LogP contribution in [0.2, 0.25) is 0 Å². The van der Waals surface area contributed by atoms with Crippen molar-refractivity contribution in [2.45, 2.75) is 5.60 Å². The summed E-state index contributed by atoms with van der Waals surface area (Å²) in [5.74, 6) is 0.167. The molecule has 2 heterocycles. The molecule has 1 aromatic carbocycles. The third-order valence-corrected chi connectivity index (χ3v) is 4.19. The number of benzene rings is 1. The van der Waals surface area contributed by atoms with Gasteiger partial charge in [0.25, 0.3) is 5.69 Å². The molecule has 0 radical (unpaired) electrons. The summed E-state index contributed by atoms with van der Waals surface area (Å²) in [4.78, 5) is 16.0. The highest BCUT2D eigenvalue weighted by molar-refractivity contribution is 9.10. The summed E-state index contributed by atoms with van der Waals surface area (Å²) in [5, 5.41) is 21.2. The van der Waals surface area contributed by atoms with Gasteiger partial charge in [0.15, 0.2) is 0 Å². The number of aromatic nitrogens is 1. The van der Waals surface area contributed by atoms with Crippen LogP contribution in [0.4, 0.5) is 15.9 Å². The molecule has 0 saturated carbocycles. The lowest BCUT2D eigenvalue weighted by atomic mass is 9.86. The van der Waals surface area contributed by atoms with E-state index in [1.54, 1.807) is 17.0 Å². The number of β-amino-alcohol motifs (C(OH)–C–C–N with tert-alkyl or cyclic N) is 1. The Morgan fingerprint density at radius 2 is 2.00 bits per heavy atom. The molecule has 1 aliphatic rings. The number of hydrogen-bond acceptors (Lipinski definition) is 5. The first kappa shape index (κ1) is 14.9. The average molecular weight is 368 g/mol. The van der Waals surface area contributed by atoms with Crippen LogP contribution in [-0.2, 0) is 5.60 Å². The molecular formula is C14H11BrFN3O3. The van der Waals surface area contributed by atoms with Gasteiger partial charge in [-0.25, -0.2) is 9.37 Å². The monoisotopic (exact) mass is 367 g/mol. The van der Waals surface area contributed by atoms with E-state index in [9.17, 15) is 19.6 Å². The van der Waals surface area contributed by atoms with Crippen molar-refractivity contribution in [2.24, 2.45) is 0 Å². The highest BCUT2D eigenvalue weighted by Gasteiger charge is 2.44. The molecule has 0 bridgehead atoms. The molecule has 6 nitrogen and oxygen atoms in total. The summed E-state index contributed by atoms with van der Waals surface area (Å²) in [5.41, 5.74) is -0.551. The largest absolute Gasteiger partial charge is 0.381 e. The van der Waals surface area contributed by atoms with Crippen molar-refractivity contribution < 1.29 is 14.4 Å². The Hall–Kier alpha value is -2.06. The van der Waals surface area contributed by atoms with Gasteiger partial charge in [-0.1, -0.05) is 12.1 Å². The van der Waals surface area contributed by atoms with Gasteiger partial charge in [0.05, 0.1) is 22.5 Å². The van der Waals surface area contributed by atoms with E-state index in [-0.39, 0.29) is 24.6 Å². The summed E-state index contributed by atoms with van der Waals surface area (Å²) in [6.07, 6.45) is 1.18. The van der Waals surface area contributed by atoms with Crippen LogP contribution in [0.15, 0.2) is 41.0 Å². The molecule has 0 aliphatic carbocycles. The summed E-state index contributed by atoms with van der Waals surface area (Å²) in [6, 6.07) is 7.07. The Labute approximate surface area is 133 Å². The second kappa shape index (κ2) is 5.29. The van der Waals surface area contributed by atoms with Crippen molar-refractivity contribution >= 4 is 27.4 Å². The maximum atomic E-state index is 12.9. The number of anilines is 1. The maximum Gasteiger partial charge on any atom is 0.288 e. The van der Waals surface area contributed by atoms with Gasteiger partial charge in [0.2, 0.25) is 0 Å². The van der Waals surface area contributed by atoms with Gasteiger partial charge in [-0.05, 0) is 33.6 Å². The van der Waals surface area contributed by atoms with E-state index in [1.165, 1.54) is 24.4 Å². The third-order valence-electron chi connectivity index (χ3n) is 3.60. The minimum Gasteiger partial charge on any atom is -0.381 e. The van der Waals surface area contributed by atoms with Crippen LogP contribution in [-0.4, -0.2) is 28.1 Å². The molecule has 1 saturated heterocycles. The Morgan fingerprint density at radius 1 is 1.36 bits per heavy atom. The van der Waals surface area contributed by atoms with Gasteiger partial charge in [-0.2, -0.15) is 0 Å². The van der Waals surface area contributed by atoms with Crippen molar-refractivity contribution in [3.05, 3.63) is 62.5 Å². The molecule has 1 N–H and O–H groups in total. The maximum absolute atomic E-state index is 12.9. The fourth-order valence-corrected chi connectivity index (χ4v) is 3.02. The number of pyridine rings is 1. The molecule has 0 unspecified atom stereocenters. The van der Waals surface area contributed by atoms with Gasteiger partial charge >= 0.3 is 0 Å². The molecular weight excluding hydrogens is 357 g/mol. The van der Waals surface area contributed by atoms with Crippen LogP contribution in [0.25, 0.3) is 0 Å². The minimum absolute atomic E-state index is 0.107. The summed E-state index contributed by atoms with van der Waals surface area (Å²) in [6.45, 7) is 0.560. The number of rotatable bonds is 3.